The van der Waals surface area contributed by atoms with Crippen molar-refractivity contribution >= 4 is 34.9 Å². The third-order valence-electron chi connectivity index (χ3n) is 4.92. The fraction of sp³-hybridized carbons (Fsp3) is 0.364. The molecule has 0 spiro atoms. The number of anilines is 1. The van der Waals surface area contributed by atoms with Crippen molar-refractivity contribution in [2.75, 3.05) is 18.5 Å². The fourth-order valence-electron chi connectivity index (χ4n) is 3.37. The molecule has 0 radical (unpaired) electrons. The lowest BCUT2D eigenvalue weighted by Crippen LogP contribution is -2.31. The number of nitrogens with one attached hydrogen (secondary N) is 1. The van der Waals surface area contributed by atoms with Gasteiger partial charge in [-0.3, -0.25) is 9.59 Å². The monoisotopic (exact) mass is 426 g/mol. The van der Waals surface area contributed by atoms with Crippen molar-refractivity contribution in [3.63, 3.8) is 0 Å². The normalized spacial score (nSPS) is 14.5. The summed E-state index contributed by atoms with van der Waals surface area (Å²) in [4.78, 5) is 38.1. The van der Waals surface area contributed by atoms with Crippen LogP contribution in [0.25, 0.3) is 10.4 Å². The number of benzene rings is 1. The minimum atomic E-state index is -1.15. The second-order valence-corrected chi connectivity index (χ2v) is 8.02. The molecule has 0 saturated heterocycles. The average Bonchev–Trinajstić information content (AvgIpc) is 3.41. The van der Waals surface area contributed by atoms with Gasteiger partial charge in [-0.25, -0.2) is 4.79 Å². The maximum absolute atomic E-state index is 12.4. The lowest BCUT2D eigenvalue weighted by molar-refractivity contribution is -0.154. The molecule has 3 rings (SSSR count). The van der Waals surface area contributed by atoms with Crippen LogP contribution in [-0.2, 0) is 19.1 Å². The summed E-state index contributed by atoms with van der Waals surface area (Å²) < 4.78 is 10.2. The summed E-state index contributed by atoms with van der Waals surface area (Å²) in [6, 6.07) is 13.2. The molecule has 1 aliphatic carbocycles. The molecule has 1 amide bonds. The van der Waals surface area contributed by atoms with E-state index in [2.05, 4.69) is 5.32 Å². The highest BCUT2D eigenvalue weighted by atomic mass is 32.1. The molecule has 156 valence electrons. The van der Waals surface area contributed by atoms with Gasteiger partial charge in [-0.2, -0.15) is 5.26 Å². The Morgan fingerprint density at radius 1 is 1.17 bits per heavy atom. The zero-order valence-corrected chi connectivity index (χ0v) is 17.4. The van der Waals surface area contributed by atoms with Crippen molar-refractivity contribution in [2.24, 2.45) is 5.41 Å². The van der Waals surface area contributed by atoms with E-state index in [0.29, 0.717) is 18.5 Å². The zero-order chi connectivity index (χ0) is 21.6. The maximum atomic E-state index is 12.4. The summed E-state index contributed by atoms with van der Waals surface area (Å²) >= 11 is 1.21. The van der Waals surface area contributed by atoms with Crippen LogP contribution in [-0.4, -0.2) is 31.1 Å². The first-order valence-electron chi connectivity index (χ1n) is 9.74. The van der Waals surface area contributed by atoms with E-state index in [1.54, 1.807) is 13.0 Å². The van der Waals surface area contributed by atoms with Gasteiger partial charge < -0.3 is 14.8 Å². The maximum Gasteiger partial charge on any atom is 0.350 e. The van der Waals surface area contributed by atoms with Crippen molar-refractivity contribution in [1.29, 1.82) is 5.26 Å². The number of carbonyl (C=O) groups is 3. The summed E-state index contributed by atoms with van der Waals surface area (Å²) in [7, 11) is 0. The van der Waals surface area contributed by atoms with Gasteiger partial charge in [-0.15, -0.1) is 11.3 Å². The van der Waals surface area contributed by atoms with Crippen molar-refractivity contribution in [3.05, 3.63) is 41.3 Å². The molecule has 1 aliphatic rings. The number of thiophene rings is 1. The molecule has 1 fully saturated rings. The molecular weight excluding hydrogens is 404 g/mol. The lowest BCUT2D eigenvalue weighted by atomic mass is 9.88. The Labute approximate surface area is 178 Å². The average molecular weight is 426 g/mol. The second kappa shape index (κ2) is 9.55. The van der Waals surface area contributed by atoms with Crippen LogP contribution in [0.3, 0.4) is 0 Å². The Bertz CT molecular complexity index is 971. The largest absolute Gasteiger partial charge is 0.462 e. The van der Waals surface area contributed by atoms with Gasteiger partial charge in [0.25, 0.3) is 5.91 Å². The molecule has 0 aliphatic heterocycles. The van der Waals surface area contributed by atoms with E-state index in [9.17, 15) is 19.6 Å². The van der Waals surface area contributed by atoms with E-state index in [1.165, 1.54) is 11.3 Å². The number of nitriles is 1. The van der Waals surface area contributed by atoms with Gasteiger partial charge in [0.05, 0.1) is 18.4 Å². The predicted octanol–water partition coefficient (Wildman–Crippen LogP) is 4.16. The Balaban J connectivity index is 1.72. The van der Waals surface area contributed by atoms with Gasteiger partial charge in [0, 0.05) is 4.88 Å². The van der Waals surface area contributed by atoms with Crippen LogP contribution in [0.2, 0.25) is 0 Å². The zero-order valence-electron chi connectivity index (χ0n) is 16.6. The predicted molar refractivity (Wildman–Crippen MR) is 112 cm³/mol. The highest BCUT2D eigenvalue weighted by molar-refractivity contribution is 7.18. The second-order valence-electron chi connectivity index (χ2n) is 6.97. The topological polar surface area (TPSA) is 105 Å². The number of nitrogens with zero attached hydrogens (tertiary/aromatic N) is 1. The molecule has 8 heteroatoms. The molecule has 1 aromatic carbocycles. The van der Waals surface area contributed by atoms with Crippen molar-refractivity contribution < 1.29 is 23.9 Å². The fourth-order valence-corrected chi connectivity index (χ4v) is 4.39. The quantitative estimate of drug-likeness (QED) is 0.667. The smallest absolute Gasteiger partial charge is 0.350 e. The van der Waals surface area contributed by atoms with Crippen molar-refractivity contribution in [2.45, 2.75) is 32.6 Å². The summed E-state index contributed by atoms with van der Waals surface area (Å²) in [6.45, 7) is 1.38. The van der Waals surface area contributed by atoms with Gasteiger partial charge >= 0.3 is 11.9 Å². The Kier molecular flexibility index (Phi) is 6.85. The molecule has 0 bridgehead atoms. The van der Waals surface area contributed by atoms with Gasteiger partial charge in [0.15, 0.2) is 12.0 Å². The number of hydrogen-bond donors (Lipinski definition) is 1. The van der Waals surface area contributed by atoms with Gasteiger partial charge in [0.1, 0.15) is 4.88 Å². The number of rotatable bonds is 7. The molecule has 1 heterocycles. The first-order valence-corrected chi connectivity index (χ1v) is 10.6. The minimum Gasteiger partial charge on any atom is -0.462 e. The van der Waals surface area contributed by atoms with Crippen molar-refractivity contribution in [3.8, 4) is 16.5 Å². The summed E-state index contributed by atoms with van der Waals surface area (Å²) in [5.41, 5.74) is 0.0468. The molecule has 1 saturated carbocycles. The van der Waals surface area contributed by atoms with Crippen LogP contribution >= 0.6 is 11.3 Å². The molecule has 1 N–H and O–H groups in total. The molecule has 30 heavy (non-hydrogen) atoms. The molecule has 0 unspecified atom stereocenters. The van der Waals surface area contributed by atoms with Crippen LogP contribution in [0, 0.1) is 16.7 Å². The van der Waals surface area contributed by atoms with E-state index < -0.39 is 29.9 Å². The first kappa shape index (κ1) is 21.5. The van der Waals surface area contributed by atoms with Crippen LogP contribution in [0.15, 0.2) is 36.4 Å². The number of esters is 2. The van der Waals surface area contributed by atoms with Gasteiger partial charge in [0.2, 0.25) is 0 Å². The first-order chi connectivity index (χ1) is 14.5. The number of ether oxygens (including phenoxy) is 2. The number of hydrogen-bond acceptors (Lipinski definition) is 7. The number of amides is 1. The van der Waals surface area contributed by atoms with E-state index in [4.69, 9.17) is 9.47 Å². The van der Waals surface area contributed by atoms with Crippen LogP contribution in [0.4, 0.5) is 5.69 Å². The van der Waals surface area contributed by atoms with Crippen LogP contribution in [0.5, 0.6) is 0 Å². The highest BCUT2D eigenvalue weighted by Crippen LogP contribution is 2.39. The Morgan fingerprint density at radius 2 is 1.87 bits per heavy atom. The van der Waals surface area contributed by atoms with E-state index in [1.807, 2.05) is 36.4 Å². The standard InChI is InChI=1S/C22H22N2O5S/c1-2-28-20(26)19-16(12-17(30-19)15-8-4-3-5-9-15)24-18(25)13-29-21(27)22(14-23)10-6-7-11-22/h3-5,8-9,12H,2,6-7,10-11,13H2,1H3,(H,24,25). The van der Waals surface area contributed by atoms with E-state index in [0.717, 1.165) is 23.3 Å². The molecule has 1 aromatic heterocycles. The summed E-state index contributed by atoms with van der Waals surface area (Å²) in [5, 5.41) is 12.0. The number of carbonyl (C=O) groups excluding carboxylic acids is 3. The van der Waals surface area contributed by atoms with Crippen LogP contribution in [0.1, 0.15) is 42.3 Å². The molecule has 0 atom stereocenters. The molecular formula is C22H22N2O5S. The Hall–Kier alpha value is -3.18. The van der Waals surface area contributed by atoms with Gasteiger partial charge in [-0.05, 0) is 31.4 Å². The van der Waals surface area contributed by atoms with Crippen LogP contribution < -0.4 is 5.32 Å². The third-order valence-corrected chi connectivity index (χ3v) is 6.09. The SMILES string of the molecule is CCOC(=O)c1sc(-c2ccccc2)cc1NC(=O)COC(=O)C1(C#N)CCCC1. The molecule has 7 nitrogen and oxygen atoms in total. The highest BCUT2D eigenvalue weighted by Gasteiger charge is 2.43. The van der Waals surface area contributed by atoms with E-state index >= 15 is 0 Å². The summed E-state index contributed by atoms with van der Waals surface area (Å²) in [5.74, 6) is -1.79. The third kappa shape index (κ3) is 4.69. The van der Waals surface area contributed by atoms with E-state index in [-0.39, 0.29) is 11.5 Å². The van der Waals surface area contributed by atoms with Gasteiger partial charge in [-0.1, -0.05) is 43.2 Å². The van der Waals surface area contributed by atoms with Crippen molar-refractivity contribution in [1.82, 2.24) is 0 Å². The minimum absolute atomic E-state index is 0.207. The molecule has 2 aromatic rings. The lowest BCUT2D eigenvalue weighted by Gasteiger charge is -2.17. The Morgan fingerprint density at radius 3 is 2.50 bits per heavy atom. The summed E-state index contributed by atoms with van der Waals surface area (Å²) in [6.07, 6.45) is 2.47.